The fourth-order valence-electron chi connectivity index (χ4n) is 4.95. The summed E-state index contributed by atoms with van der Waals surface area (Å²) < 4.78 is 16.0. The Kier molecular flexibility index (Phi) is 5.64. The number of hydrogen-bond acceptors (Lipinski definition) is 5. The summed E-state index contributed by atoms with van der Waals surface area (Å²) in [6, 6.07) is 12.7. The van der Waals surface area contributed by atoms with E-state index in [4.69, 9.17) is 0 Å². The Morgan fingerprint density at radius 1 is 1.31 bits per heavy atom. The zero-order valence-corrected chi connectivity index (χ0v) is 19.9. The van der Waals surface area contributed by atoms with Gasteiger partial charge in [-0.2, -0.15) is 10.4 Å². The molecule has 7 nitrogen and oxygen atoms in total. The summed E-state index contributed by atoms with van der Waals surface area (Å²) in [6.07, 6.45) is 4.12. The molecule has 1 saturated carbocycles. The molecule has 1 amide bonds. The highest BCUT2D eigenvalue weighted by atomic mass is 19.1. The van der Waals surface area contributed by atoms with Crippen molar-refractivity contribution in [2.45, 2.75) is 32.7 Å². The highest BCUT2D eigenvalue weighted by Crippen LogP contribution is 2.52. The third-order valence-electron chi connectivity index (χ3n) is 6.97. The predicted octanol–water partition coefficient (Wildman–Crippen LogP) is 4.35. The molecule has 0 radical (unpaired) electrons. The normalized spacial score (nSPS) is 19.6. The highest BCUT2D eigenvalue weighted by Gasteiger charge is 2.56. The van der Waals surface area contributed by atoms with Crippen molar-refractivity contribution in [1.29, 1.82) is 5.26 Å². The number of nitrogens with zero attached hydrogens (tertiary/aromatic N) is 5. The number of halogens is 1. The van der Waals surface area contributed by atoms with E-state index < -0.39 is 5.41 Å². The van der Waals surface area contributed by atoms with E-state index >= 15 is 0 Å². The first-order chi connectivity index (χ1) is 16.8. The summed E-state index contributed by atoms with van der Waals surface area (Å²) in [7, 11) is 1.82. The molecule has 35 heavy (non-hydrogen) atoms. The maximum Gasteiger partial charge on any atom is 0.247 e. The van der Waals surface area contributed by atoms with Crippen LogP contribution in [0.2, 0.25) is 0 Å². The van der Waals surface area contributed by atoms with Crippen molar-refractivity contribution in [1.82, 2.24) is 20.1 Å². The molecule has 1 aliphatic heterocycles. The number of carbonyl (C=O) groups is 1. The Labute approximate surface area is 203 Å². The van der Waals surface area contributed by atoms with Crippen LogP contribution in [0.1, 0.15) is 36.2 Å². The van der Waals surface area contributed by atoms with E-state index in [0.29, 0.717) is 30.9 Å². The van der Waals surface area contributed by atoms with Crippen LogP contribution < -0.4 is 10.2 Å². The van der Waals surface area contributed by atoms with E-state index in [2.05, 4.69) is 28.0 Å². The number of pyridine rings is 1. The van der Waals surface area contributed by atoms with Crippen molar-refractivity contribution in [3.05, 3.63) is 71.9 Å². The molecule has 1 saturated heterocycles. The zero-order valence-electron chi connectivity index (χ0n) is 19.9. The first-order valence-electron chi connectivity index (χ1n) is 11.7. The van der Waals surface area contributed by atoms with Crippen LogP contribution in [-0.2, 0) is 18.4 Å². The minimum Gasteiger partial charge on any atom is -0.380 e. The van der Waals surface area contributed by atoms with Gasteiger partial charge in [-0.25, -0.2) is 4.39 Å². The number of carbonyl (C=O) groups excluding carboxylic acids is 1. The minimum atomic E-state index is -0.893. The second-order valence-electron chi connectivity index (χ2n) is 9.44. The van der Waals surface area contributed by atoms with Crippen LogP contribution in [0.15, 0.2) is 49.2 Å². The van der Waals surface area contributed by atoms with Crippen LogP contribution in [-0.4, -0.2) is 27.2 Å². The van der Waals surface area contributed by atoms with Gasteiger partial charge in [-0.1, -0.05) is 6.58 Å². The van der Waals surface area contributed by atoms with Crippen molar-refractivity contribution >= 4 is 17.3 Å². The lowest BCUT2D eigenvalue weighted by Crippen LogP contribution is -2.35. The first kappa shape index (κ1) is 22.8. The second kappa shape index (κ2) is 8.66. The fraction of sp³-hybridized carbons (Fsp3) is 0.333. The molecule has 2 aromatic heterocycles. The Morgan fingerprint density at radius 3 is 2.80 bits per heavy atom. The molecule has 0 bridgehead atoms. The van der Waals surface area contributed by atoms with Gasteiger partial charge in [0.25, 0.3) is 0 Å². The molecule has 0 spiro atoms. The Hall–Kier alpha value is -3.99. The predicted molar refractivity (Wildman–Crippen MR) is 131 cm³/mol. The summed E-state index contributed by atoms with van der Waals surface area (Å²) in [4.78, 5) is 19.5. The molecule has 2 aliphatic rings. The molecule has 1 aromatic carbocycles. The molecule has 2 fully saturated rings. The van der Waals surface area contributed by atoms with E-state index in [1.54, 1.807) is 15.8 Å². The van der Waals surface area contributed by atoms with Gasteiger partial charge in [0.2, 0.25) is 5.91 Å². The summed E-state index contributed by atoms with van der Waals surface area (Å²) in [5, 5.41) is 17.2. The smallest absolute Gasteiger partial charge is 0.247 e. The summed E-state index contributed by atoms with van der Waals surface area (Å²) in [5.41, 5.74) is 4.08. The molecular weight excluding hydrogens is 443 g/mol. The highest BCUT2D eigenvalue weighted by molar-refractivity contribution is 6.02. The van der Waals surface area contributed by atoms with Crippen molar-refractivity contribution < 1.29 is 9.18 Å². The number of aromatic nitrogens is 3. The van der Waals surface area contributed by atoms with E-state index in [1.807, 2.05) is 38.2 Å². The van der Waals surface area contributed by atoms with Crippen molar-refractivity contribution in [3.8, 4) is 17.3 Å². The third kappa shape index (κ3) is 4.18. The van der Waals surface area contributed by atoms with E-state index in [1.165, 1.54) is 12.1 Å². The van der Waals surface area contributed by atoms with Gasteiger partial charge >= 0.3 is 0 Å². The number of anilines is 1. The molecular formula is C27H27FN6O. The van der Waals surface area contributed by atoms with Crippen LogP contribution in [0.5, 0.6) is 0 Å². The SMILES string of the molecule is C=C(NCc1cc(F)cc(-c2ccnn2C)c1)c1cc(N2CCC(C#N)(C3CC3)C2=O)cc(C)n1. The van der Waals surface area contributed by atoms with Crippen LogP contribution in [0.3, 0.4) is 0 Å². The van der Waals surface area contributed by atoms with Crippen LogP contribution in [0.4, 0.5) is 10.1 Å². The van der Waals surface area contributed by atoms with Gasteiger partial charge in [-0.15, -0.1) is 0 Å². The summed E-state index contributed by atoms with van der Waals surface area (Å²) in [6.45, 7) is 6.86. The Balaban J connectivity index is 1.33. The fourth-order valence-corrected chi connectivity index (χ4v) is 4.95. The molecule has 1 atom stereocenters. The molecule has 5 rings (SSSR count). The van der Waals surface area contributed by atoms with Gasteiger partial charge in [0, 0.05) is 43.3 Å². The maximum atomic E-state index is 14.3. The molecule has 3 heterocycles. The van der Waals surface area contributed by atoms with Gasteiger partial charge in [0.05, 0.1) is 23.2 Å². The molecule has 8 heteroatoms. The van der Waals surface area contributed by atoms with E-state index in [-0.39, 0.29) is 17.6 Å². The quantitative estimate of drug-likeness (QED) is 0.555. The molecule has 178 valence electrons. The maximum absolute atomic E-state index is 14.3. The van der Waals surface area contributed by atoms with Gasteiger partial charge in [-0.3, -0.25) is 14.5 Å². The number of nitrogens with one attached hydrogen (secondary N) is 1. The summed E-state index contributed by atoms with van der Waals surface area (Å²) >= 11 is 0. The number of aryl methyl sites for hydroxylation is 2. The second-order valence-corrected chi connectivity index (χ2v) is 9.44. The number of hydrogen-bond donors (Lipinski definition) is 1. The molecule has 1 aliphatic carbocycles. The number of nitriles is 1. The average molecular weight is 471 g/mol. The molecule has 1 unspecified atom stereocenters. The lowest BCUT2D eigenvalue weighted by atomic mass is 9.83. The lowest BCUT2D eigenvalue weighted by molar-refractivity contribution is -0.123. The van der Waals surface area contributed by atoms with Crippen LogP contribution in [0.25, 0.3) is 17.0 Å². The van der Waals surface area contributed by atoms with Gasteiger partial charge in [-0.05, 0) is 74.1 Å². The zero-order chi connectivity index (χ0) is 24.7. The topological polar surface area (TPSA) is 86.8 Å². The molecule has 3 aromatic rings. The third-order valence-corrected chi connectivity index (χ3v) is 6.97. The van der Waals surface area contributed by atoms with Crippen LogP contribution >= 0.6 is 0 Å². The van der Waals surface area contributed by atoms with Gasteiger partial charge < -0.3 is 10.2 Å². The lowest BCUT2D eigenvalue weighted by Gasteiger charge is -2.22. The summed E-state index contributed by atoms with van der Waals surface area (Å²) in [5.74, 6) is -0.266. The average Bonchev–Trinajstić information content (AvgIpc) is 3.51. The van der Waals surface area contributed by atoms with Gasteiger partial charge in [0.1, 0.15) is 11.2 Å². The van der Waals surface area contributed by atoms with Gasteiger partial charge in [0.15, 0.2) is 0 Å². The van der Waals surface area contributed by atoms with E-state index in [9.17, 15) is 14.4 Å². The number of benzene rings is 1. The Morgan fingerprint density at radius 2 is 2.11 bits per heavy atom. The largest absolute Gasteiger partial charge is 0.380 e. The van der Waals surface area contributed by atoms with Crippen LogP contribution in [0, 0.1) is 35.4 Å². The Bertz CT molecular complexity index is 1370. The monoisotopic (exact) mass is 470 g/mol. The minimum absolute atomic E-state index is 0.111. The van der Waals surface area contributed by atoms with E-state index in [0.717, 1.165) is 41.0 Å². The number of rotatable bonds is 7. The molecule has 1 N–H and O–H groups in total. The van der Waals surface area contributed by atoms with Crippen molar-refractivity contribution in [3.63, 3.8) is 0 Å². The number of amides is 1. The van der Waals surface area contributed by atoms with Crippen molar-refractivity contribution in [2.24, 2.45) is 18.4 Å². The van der Waals surface area contributed by atoms with Crippen molar-refractivity contribution in [2.75, 3.05) is 11.4 Å². The first-order valence-corrected chi connectivity index (χ1v) is 11.7. The standard InChI is InChI=1S/C27H27FN6O/c1-17-10-23(34-9-7-27(16-29,26(34)35)21-4-5-21)14-24(32-17)18(2)30-15-19-11-20(13-22(28)12-19)25-6-8-31-33(25)3/h6,8,10-14,21,30H,2,4-5,7,9,15H2,1,3H3.